The van der Waals surface area contributed by atoms with E-state index in [1.165, 1.54) is 30.4 Å². The van der Waals surface area contributed by atoms with Gasteiger partial charge in [-0.1, -0.05) is 6.07 Å². The number of pyridine rings is 1. The highest BCUT2D eigenvalue weighted by Crippen LogP contribution is 2.38. The van der Waals surface area contributed by atoms with Gasteiger partial charge in [0.2, 0.25) is 10.0 Å². The molecule has 0 unspecified atom stereocenters. The lowest BCUT2D eigenvalue weighted by molar-refractivity contribution is 0.102. The van der Waals surface area contributed by atoms with E-state index in [4.69, 9.17) is 5.26 Å². The SMILES string of the molecule is CC(=O)c1cnc(-c2cnc3[nH]ccc3c2N[C@H]2C[C@H](NS(=O)(=O)c3cccc(C#N)c3)C2)s1. The number of nitrogens with one attached hydrogen (secondary N) is 3. The van der Waals surface area contributed by atoms with Gasteiger partial charge in [-0.3, -0.25) is 4.79 Å². The lowest BCUT2D eigenvalue weighted by Crippen LogP contribution is -2.49. The maximum Gasteiger partial charge on any atom is 0.240 e. The summed E-state index contributed by atoms with van der Waals surface area (Å²) in [6.45, 7) is 1.51. The first-order chi connectivity index (χ1) is 16.3. The number of carbonyl (C=O) groups is 1. The van der Waals surface area contributed by atoms with Gasteiger partial charge in [0.25, 0.3) is 0 Å². The molecule has 3 aromatic heterocycles. The summed E-state index contributed by atoms with van der Waals surface area (Å²) in [5, 5.41) is 14.2. The van der Waals surface area contributed by atoms with Gasteiger partial charge < -0.3 is 10.3 Å². The van der Waals surface area contributed by atoms with Crippen LogP contribution in [0.5, 0.6) is 0 Å². The van der Waals surface area contributed by atoms with Crippen LogP contribution < -0.4 is 10.0 Å². The molecular weight excluding hydrogens is 472 g/mol. The number of rotatable bonds is 7. The van der Waals surface area contributed by atoms with Gasteiger partial charge in [0.05, 0.1) is 32.7 Å². The van der Waals surface area contributed by atoms with Gasteiger partial charge in [-0.25, -0.2) is 23.1 Å². The number of anilines is 1. The normalized spacial score (nSPS) is 17.8. The zero-order valence-corrected chi connectivity index (χ0v) is 19.7. The minimum Gasteiger partial charge on any atom is -0.381 e. The molecular formula is C23H20N6O3S2. The van der Waals surface area contributed by atoms with E-state index in [0.29, 0.717) is 28.3 Å². The van der Waals surface area contributed by atoms with Crippen molar-refractivity contribution in [3.05, 3.63) is 59.4 Å². The molecule has 1 saturated carbocycles. The number of fused-ring (bicyclic) bond motifs is 1. The van der Waals surface area contributed by atoms with Gasteiger partial charge in [0, 0.05) is 43.0 Å². The Balaban J connectivity index is 1.33. The van der Waals surface area contributed by atoms with E-state index in [1.54, 1.807) is 24.5 Å². The molecule has 34 heavy (non-hydrogen) atoms. The minimum atomic E-state index is -3.72. The van der Waals surface area contributed by atoms with E-state index in [-0.39, 0.29) is 22.8 Å². The molecule has 3 N–H and O–H groups in total. The first kappa shape index (κ1) is 22.2. The molecule has 0 saturated heterocycles. The third-order valence-corrected chi connectivity index (χ3v) is 8.40. The minimum absolute atomic E-state index is 0.0386. The third kappa shape index (κ3) is 4.19. The van der Waals surface area contributed by atoms with Crippen molar-refractivity contribution in [2.45, 2.75) is 36.7 Å². The lowest BCUT2D eigenvalue weighted by atomic mass is 9.87. The average molecular weight is 493 g/mol. The Hall–Kier alpha value is -3.59. The molecule has 0 bridgehead atoms. The van der Waals surface area contributed by atoms with Gasteiger partial charge >= 0.3 is 0 Å². The summed E-state index contributed by atoms with van der Waals surface area (Å²) in [6, 6.07) is 9.68. The highest BCUT2D eigenvalue weighted by molar-refractivity contribution is 7.89. The van der Waals surface area contributed by atoms with Crippen molar-refractivity contribution >= 4 is 43.9 Å². The summed E-state index contributed by atoms with van der Waals surface area (Å²) >= 11 is 1.32. The predicted molar refractivity (Wildman–Crippen MR) is 129 cm³/mol. The molecule has 4 aromatic rings. The lowest BCUT2D eigenvalue weighted by Gasteiger charge is -2.37. The quantitative estimate of drug-likeness (QED) is 0.334. The zero-order chi connectivity index (χ0) is 23.9. The Morgan fingerprint density at radius 2 is 2.03 bits per heavy atom. The number of hydrogen-bond donors (Lipinski definition) is 3. The maximum absolute atomic E-state index is 12.7. The van der Waals surface area contributed by atoms with Crippen molar-refractivity contribution in [1.29, 1.82) is 5.26 Å². The number of nitrogens with zero attached hydrogens (tertiary/aromatic N) is 3. The highest BCUT2D eigenvalue weighted by atomic mass is 32.2. The number of hydrogen-bond acceptors (Lipinski definition) is 8. The molecule has 0 amide bonds. The Labute approximate surface area is 199 Å². The van der Waals surface area contributed by atoms with Crippen LogP contribution in [0.2, 0.25) is 0 Å². The smallest absolute Gasteiger partial charge is 0.240 e. The first-order valence-corrected chi connectivity index (χ1v) is 12.9. The number of sulfonamides is 1. The second-order valence-corrected chi connectivity index (χ2v) is 10.9. The van der Waals surface area contributed by atoms with Crippen LogP contribution in [-0.2, 0) is 10.0 Å². The van der Waals surface area contributed by atoms with Crippen molar-refractivity contribution in [1.82, 2.24) is 19.7 Å². The largest absolute Gasteiger partial charge is 0.381 e. The first-order valence-electron chi connectivity index (χ1n) is 10.6. The average Bonchev–Trinajstić information content (AvgIpc) is 3.47. The number of aromatic nitrogens is 3. The molecule has 0 atom stereocenters. The second kappa shape index (κ2) is 8.64. The number of ketones is 1. The van der Waals surface area contributed by atoms with Crippen LogP contribution in [0.25, 0.3) is 21.6 Å². The zero-order valence-electron chi connectivity index (χ0n) is 18.1. The van der Waals surface area contributed by atoms with E-state index in [0.717, 1.165) is 22.3 Å². The van der Waals surface area contributed by atoms with Crippen LogP contribution in [0, 0.1) is 11.3 Å². The number of H-pyrrole nitrogens is 1. The summed E-state index contributed by atoms with van der Waals surface area (Å²) in [4.78, 5) is 24.4. The molecule has 0 aliphatic heterocycles. The van der Waals surface area contributed by atoms with Crippen LogP contribution in [0.4, 0.5) is 5.69 Å². The summed E-state index contributed by atoms with van der Waals surface area (Å²) in [5.41, 5.74) is 2.67. The molecule has 9 nitrogen and oxygen atoms in total. The fraction of sp³-hybridized carbons (Fsp3) is 0.217. The van der Waals surface area contributed by atoms with Crippen molar-refractivity contribution in [2.24, 2.45) is 0 Å². The van der Waals surface area contributed by atoms with E-state index < -0.39 is 10.0 Å². The molecule has 11 heteroatoms. The van der Waals surface area contributed by atoms with Gasteiger partial charge in [0.1, 0.15) is 10.7 Å². The number of Topliss-reactive ketones (excluding diaryl/α,β-unsaturated/α-hetero) is 1. The Morgan fingerprint density at radius 1 is 1.21 bits per heavy atom. The number of nitriles is 1. The molecule has 1 aromatic carbocycles. The van der Waals surface area contributed by atoms with Crippen molar-refractivity contribution in [3.63, 3.8) is 0 Å². The molecule has 1 fully saturated rings. The highest BCUT2D eigenvalue weighted by Gasteiger charge is 2.33. The van der Waals surface area contributed by atoms with Gasteiger partial charge in [0.15, 0.2) is 5.78 Å². The maximum atomic E-state index is 12.7. The number of thiazole rings is 1. The number of carbonyl (C=O) groups excluding carboxylic acids is 1. The number of benzene rings is 1. The summed E-state index contributed by atoms with van der Waals surface area (Å²) in [6.07, 6.45) is 6.30. The molecule has 0 spiro atoms. The Bertz CT molecular complexity index is 1540. The van der Waals surface area contributed by atoms with Crippen LogP contribution in [0.1, 0.15) is 35.0 Å². The van der Waals surface area contributed by atoms with Crippen molar-refractivity contribution in [3.8, 4) is 16.6 Å². The fourth-order valence-electron chi connectivity index (χ4n) is 3.94. The molecule has 3 heterocycles. The molecule has 5 rings (SSSR count). The van der Waals surface area contributed by atoms with Gasteiger partial charge in [-0.05, 0) is 37.1 Å². The fourth-order valence-corrected chi connectivity index (χ4v) is 6.08. The van der Waals surface area contributed by atoms with Crippen LogP contribution in [-0.4, -0.2) is 41.2 Å². The Morgan fingerprint density at radius 3 is 2.76 bits per heavy atom. The third-order valence-electron chi connectivity index (χ3n) is 5.75. The standard InChI is InChI=1S/C23H20N6O3S2/c1-13(30)20-12-27-23(33-20)19-11-26-22-18(5-6-25-22)21(19)28-15-8-16(9-15)29-34(31,32)17-4-2-3-14(7-17)10-24/h2-7,11-12,15-16,29H,8-9H2,1H3,(H2,25,26,28)/t15-,16-. The van der Waals surface area contributed by atoms with E-state index in [9.17, 15) is 13.2 Å². The van der Waals surface area contributed by atoms with Crippen molar-refractivity contribution < 1.29 is 13.2 Å². The van der Waals surface area contributed by atoms with E-state index in [1.807, 2.05) is 18.3 Å². The molecule has 0 radical (unpaired) electrons. The second-order valence-electron chi connectivity index (χ2n) is 8.14. The van der Waals surface area contributed by atoms with Gasteiger partial charge in [-0.2, -0.15) is 5.26 Å². The van der Waals surface area contributed by atoms with Gasteiger partial charge in [-0.15, -0.1) is 11.3 Å². The topological polar surface area (TPSA) is 141 Å². The van der Waals surface area contributed by atoms with Crippen LogP contribution in [0.15, 0.2) is 53.8 Å². The van der Waals surface area contributed by atoms with Crippen molar-refractivity contribution in [2.75, 3.05) is 5.32 Å². The van der Waals surface area contributed by atoms with E-state index >= 15 is 0 Å². The summed E-state index contributed by atoms with van der Waals surface area (Å²) < 4.78 is 28.2. The monoisotopic (exact) mass is 492 g/mol. The molecule has 1 aliphatic rings. The summed E-state index contributed by atoms with van der Waals surface area (Å²) in [5.74, 6) is -0.0386. The molecule has 172 valence electrons. The van der Waals surface area contributed by atoms with Crippen LogP contribution in [0.3, 0.4) is 0 Å². The molecule has 1 aliphatic carbocycles. The van der Waals surface area contributed by atoms with E-state index in [2.05, 4.69) is 25.0 Å². The summed E-state index contributed by atoms with van der Waals surface area (Å²) in [7, 11) is -3.72. The Kier molecular flexibility index (Phi) is 5.65. The predicted octanol–water partition coefficient (Wildman–Crippen LogP) is 3.68. The number of aromatic amines is 1. The van der Waals surface area contributed by atoms with Crippen LogP contribution >= 0.6 is 11.3 Å².